The van der Waals surface area contributed by atoms with Crippen molar-refractivity contribution in [1.82, 2.24) is 14.8 Å². The van der Waals surface area contributed by atoms with E-state index in [0.717, 1.165) is 30.3 Å². The maximum atomic E-state index is 13.4. The fourth-order valence-electron chi connectivity index (χ4n) is 4.57. The maximum absolute atomic E-state index is 13.4. The molecule has 5 nitrogen and oxygen atoms in total. The molecule has 2 aliphatic rings. The number of anilines is 1. The Bertz CT molecular complexity index is 1140. The molecule has 0 N–H and O–H groups in total. The van der Waals surface area contributed by atoms with Crippen LogP contribution in [-0.2, 0) is 19.8 Å². The predicted molar refractivity (Wildman–Crippen MR) is 104 cm³/mol. The first-order valence-corrected chi connectivity index (χ1v) is 9.79. The molecule has 0 spiro atoms. The number of fused-ring (bicyclic) bond motifs is 1. The summed E-state index contributed by atoms with van der Waals surface area (Å²) in [5, 5.41) is 8.19. The Morgan fingerprint density at radius 2 is 1.83 bits per heavy atom. The number of carbonyl (C=O) groups excluding carboxylic acids is 1. The summed E-state index contributed by atoms with van der Waals surface area (Å²) in [4.78, 5) is 14.3. The first kappa shape index (κ1) is 18.8. The second kappa shape index (κ2) is 6.68. The van der Waals surface area contributed by atoms with Crippen molar-refractivity contribution in [2.75, 3.05) is 4.90 Å². The van der Waals surface area contributed by atoms with Gasteiger partial charge < -0.3 is 9.47 Å². The highest BCUT2D eigenvalue weighted by atomic mass is 19.4. The van der Waals surface area contributed by atoms with E-state index in [-0.39, 0.29) is 29.5 Å². The molecule has 2 aromatic carbocycles. The van der Waals surface area contributed by atoms with Crippen molar-refractivity contribution in [3.8, 4) is 0 Å². The summed E-state index contributed by atoms with van der Waals surface area (Å²) in [6.45, 7) is -0.0787. The molecule has 1 amide bonds. The molecule has 2 heterocycles. The van der Waals surface area contributed by atoms with E-state index in [9.17, 15) is 18.0 Å². The Labute approximate surface area is 171 Å². The standard InChI is InChI=1S/C22H19F3N4O/c1-28-12-26-27-20(28)16-9-8-15(16)13-4-2-5-14(10-13)29-11-18-17(21(29)30)6-3-7-19(18)22(23,24)25/h2-7,10,12,15-16H,8-9,11H2,1H3/t15-,16+/m0/s1. The number of carbonyl (C=O) groups is 1. The quantitative estimate of drug-likeness (QED) is 0.629. The van der Waals surface area contributed by atoms with Crippen LogP contribution in [0.3, 0.4) is 0 Å². The molecule has 8 heteroatoms. The maximum Gasteiger partial charge on any atom is 0.416 e. The number of benzene rings is 2. The third-order valence-electron chi connectivity index (χ3n) is 6.24. The van der Waals surface area contributed by atoms with Crippen LogP contribution in [0.15, 0.2) is 48.8 Å². The van der Waals surface area contributed by atoms with E-state index in [2.05, 4.69) is 10.2 Å². The van der Waals surface area contributed by atoms with Gasteiger partial charge in [-0.2, -0.15) is 13.2 Å². The van der Waals surface area contributed by atoms with Crippen molar-refractivity contribution >= 4 is 11.6 Å². The van der Waals surface area contributed by atoms with Gasteiger partial charge in [0.15, 0.2) is 0 Å². The first-order valence-electron chi connectivity index (χ1n) is 9.79. The summed E-state index contributed by atoms with van der Waals surface area (Å²) in [7, 11) is 1.92. The zero-order valence-corrected chi connectivity index (χ0v) is 16.2. The zero-order chi connectivity index (χ0) is 21.0. The SMILES string of the molecule is Cn1cnnc1[C@@H]1CC[C@H]1c1cccc(N2Cc3c(cccc3C(F)(F)F)C2=O)c1. The highest BCUT2D eigenvalue weighted by Gasteiger charge is 2.40. The van der Waals surface area contributed by atoms with Crippen molar-refractivity contribution < 1.29 is 18.0 Å². The molecule has 5 rings (SSSR count). The van der Waals surface area contributed by atoms with Gasteiger partial charge in [0.1, 0.15) is 12.2 Å². The van der Waals surface area contributed by atoms with Gasteiger partial charge in [-0.05, 0) is 54.2 Å². The minimum atomic E-state index is -4.49. The van der Waals surface area contributed by atoms with E-state index >= 15 is 0 Å². The lowest BCUT2D eigenvalue weighted by Gasteiger charge is -2.36. The fraction of sp³-hybridized carbons (Fsp3) is 0.318. The van der Waals surface area contributed by atoms with E-state index in [0.29, 0.717) is 5.69 Å². The van der Waals surface area contributed by atoms with Crippen molar-refractivity contribution in [3.05, 3.63) is 76.9 Å². The minimum absolute atomic E-state index is 0.0426. The third kappa shape index (κ3) is 2.89. The largest absolute Gasteiger partial charge is 0.416 e. The number of nitrogens with zero attached hydrogens (tertiary/aromatic N) is 4. The lowest BCUT2D eigenvalue weighted by atomic mass is 9.69. The molecule has 0 unspecified atom stereocenters. The fourth-order valence-corrected chi connectivity index (χ4v) is 4.57. The van der Waals surface area contributed by atoms with Gasteiger partial charge in [0.2, 0.25) is 0 Å². The number of rotatable bonds is 3. The molecule has 2 atom stereocenters. The van der Waals surface area contributed by atoms with Crippen molar-refractivity contribution in [2.45, 2.75) is 37.4 Å². The second-order valence-corrected chi connectivity index (χ2v) is 7.91. The van der Waals surface area contributed by atoms with Crippen LogP contribution in [0.1, 0.15) is 57.6 Å². The Morgan fingerprint density at radius 1 is 1.07 bits per heavy atom. The van der Waals surface area contributed by atoms with Gasteiger partial charge in [-0.3, -0.25) is 4.79 Å². The summed E-state index contributed by atoms with van der Waals surface area (Å²) in [6, 6.07) is 11.3. The van der Waals surface area contributed by atoms with Crippen molar-refractivity contribution in [3.63, 3.8) is 0 Å². The Kier molecular flexibility index (Phi) is 4.20. The van der Waals surface area contributed by atoms with Crippen LogP contribution in [0.5, 0.6) is 0 Å². The summed E-state index contributed by atoms with van der Waals surface area (Å²) >= 11 is 0. The number of amides is 1. The van der Waals surface area contributed by atoms with E-state index in [4.69, 9.17) is 0 Å². The molecule has 1 fully saturated rings. The van der Waals surface area contributed by atoms with Crippen LogP contribution in [0.2, 0.25) is 0 Å². The molecule has 1 aromatic heterocycles. The topological polar surface area (TPSA) is 51.0 Å². The minimum Gasteiger partial charge on any atom is -0.320 e. The Balaban J connectivity index is 1.45. The van der Waals surface area contributed by atoms with Crippen LogP contribution in [-0.4, -0.2) is 20.7 Å². The van der Waals surface area contributed by atoms with Crippen LogP contribution in [0, 0.1) is 0 Å². The monoisotopic (exact) mass is 412 g/mol. The number of hydrogen-bond acceptors (Lipinski definition) is 3. The molecule has 0 saturated heterocycles. The molecule has 1 aliphatic heterocycles. The molecule has 1 aliphatic carbocycles. The number of halogens is 3. The number of aromatic nitrogens is 3. The number of hydrogen-bond donors (Lipinski definition) is 0. The Morgan fingerprint density at radius 3 is 2.50 bits per heavy atom. The molecule has 154 valence electrons. The number of alkyl halides is 3. The van der Waals surface area contributed by atoms with Gasteiger partial charge >= 0.3 is 6.18 Å². The third-order valence-corrected chi connectivity index (χ3v) is 6.24. The van der Waals surface area contributed by atoms with E-state index in [1.807, 2.05) is 29.8 Å². The molecule has 30 heavy (non-hydrogen) atoms. The second-order valence-electron chi connectivity index (χ2n) is 7.91. The molecular formula is C22H19F3N4O. The van der Waals surface area contributed by atoms with Crippen LogP contribution in [0.25, 0.3) is 0 Å². The smallest absolute Gasteiger partial charge is 0.320 e. The molecule has 1 saturated carbocycles. The highest BCUT2D eigenvalue weighted by Crippen LogP contribution is 2.49. The molecule has 3 aromatic rings. The van der Waals surface area contributed by atoms with E-state index in [1.165, 1.54) is 17.0 Å². The molecule has 0 bridgehead atoms. The van der Waals surface area contributed by atoms with Crippen molar-refractivity contribution in [2.24, 2.45) is 7.05 Å². The highest BCUT2D eigenvalue weighted by molar-refractivity contribution is 6.10. The molecule has 0 radical (unpaired) electrons. The lowest BCUT2D eigenvalue weighted by molar-refractivity contribution is -0.138. The van der Waals surface area contributed by atoms with Gasteiger partial charge in [0.05, 0.1) is 12.1 Å². The first-order chi connectivity index (χ1) is 14.3. The zero-order valence-electron chi connectivity index (χ0n) is 16.2. The van der Waals surface area contributed by atoms with Crippen LogP contribution in [0.4, 0.5) is 18.9 Å². The van der Waals surface area contributed by atoms with E-state index in [1.54, 1.807) is 12.4 Å². The number of aryl methyl sites for hydroxylation is 1. The van der Waals surface area contributed by atoms with Gasteiger partial charge in [0, 0.05) is 24.2 Å². The van der Waals surface area contributed by atoms with Gasteiger partial charge in [-0.15, -0.1) is 10.2 Å². The van der Waals surface area contributed by atoms with Crippen molar-refractivity contribution in [1.29, 1.82) is 0 Å². The van der Waals surface area contributed by atoms with Gasteiger partial charge in [-0.25, -0.2) is 0 Å². The predicted octanol–water partition coefficient (Wildman–Crippen LogP) is 4.66. The van der Waals surface area contributed by atoms with E-state index < -0.39 is 17.6 Å². The van der Waals surface area contributed by atoms with Gasteiger partial charge in [-0.1, -0.05) is 18.2 Å². The summed E-state index contributed by atoms with van der Waals surface area (Å²) in [5.74, 6) is 1.03. The Hall–Kier alpha value is -3.16. The normalized spacial score (nSPS) is 20.9. The molecular weight excluding hydrogens is 393 g/mol. The summed E-state index contributed by atoms with van der Waals surface area (Å²) < 4.78 is 42.1. The van der Waals surface area contributed by atoms with Gasteiger partial charge in [0.25, 0.3) is 5.91 Å². The van der Waals surface area contributed by atoms with Crippen LogP contribution >= 0.6 is 0 Å². The average Bonchev–Trinajstić information content (AvgIpc) is 3.24. The van der Waals surface area contributed by atoms with Crippen LogP contribution < -0.4 is 4.90 Å². The summed E-state index contributed by atoms with van der Waals surface area (Å²) in [5.41, 5.74) is 1.10. The lowest BCUT2D eigenvalue weighted by Crippen LogP contribution is -2.26. The summed E-state index contributed by atoms with van der Waals surface area (Å²) in [6.07, 6.45) is -0.809. The average molecular weight is 412 g/mol.